The van der Waals surface area contributed by atoms with E-state index in [2.05, 4.69) is 5.32 Å². The Hall–Kier alpha value is -0.650. The van der Waals surface area contributed by atoms with Crippen molar-refractivity contribution in [3.05, 3.63) is 0 Å². The van der Waals surface area contributed by atoms with Crippen molar-refractivity contribution in [1.29, 1.82) is 0 Å². The summed E-state index contributed by atoms with van der Waals surface area (Å²) >= 11 is 0. The monoisotopic (exact) mass is 217 g/mol. The number of carboxylic acids is 1. The molecule has 1 aliphatic rings. The first kappa shape index (κ1) is 12.4. The van der Waals surface area contributed by atoms with E-state index in [1.54, 1.807) is 7.11 Å². The van der Waals surface area contributed by atoms with E-state index in [0.29, 0.717) is 19.6 Å². The van der Waals surface area contributed by atoms with Gasteiger partial charge in [-0.2, -0.15) is 0 Å². The topological polar surface area (TPSA) is 67.8 Å². The lowest BCUT2D eigenvalue weighted by Crippen LogP contribution is -2.43. The summed E-state index contributed by atoms with van der Waals surface area (Å²) < 4.78 is 10.7. The molecular weight excluding hydrogens is 198 g/mol. The molecular formula is C10H19NO4. The third-order valence-corrected chi connectivity index (χ3v) is 2.69. The van der Waals surface area contributed by atoms with Crippen LogP contribution in [0.25, 0.3) is 0 Å². The predicted molar refractivity (Wildman–Crippen MR) is 54.9 cm³/mol. The molecule has 1 heterocycles. The fraction of sp³-hybridized carbons (Fsp3) is 0.900. The molecule has 0 aliphatic carbocycles. The van der Waals surface area contributed by atoms with Gasteiger partial charge >= 0.3 is 5.97 Å². The van der Waals surface area contributed by atoms with Crippen LogP contribution in [-0.4, -0.2) is 50.1 Å². The molecule has 0 radical (unpaired) electrons. The molecule has 1 unspecified atom stereocenters. The van der Waals surface area contributed by atoms with E-state index >= 15 is 0 Å². The fourth-order valence-corrected chi connectivity index (χ4v) is 1.64. The molecule has 0 aromatic heterocycles. The summed E-state index contributed by atoms with van der Waals surface area (Å²) in [7, 11) is 1.69. The number of aliphatic carboxylic acids is 1. The molecule has 1 aliphatic heterocycles. The van der Waals surface area contributed by atoms with E-state index in [1.165, 1.54) is 0 Å². The molecule has 1 saturated heterocycles. The largest absolute Gasteiger partial charge is 0.481 e. The van der Waals surface area contributed by atoms with Crippen LogP contribution in [0.4, 0.5) is 0 Å². The second kappa shape index (κ2) is 6.05. The van der Waals surface area contributed by atoms with Crippen molar-refractivity contribution < 1.29 is 19.4 Å². The smallest absolute Gasteiger partial charge is 0.303 e. The first-order valence-electron chi connectivity index (χ1n) is 5.24. The number of nitrogens with one attached hydrogen (secondary N) is 1. The second-order valence-corrected chi connectivity index (χ2v) is 3.86. The molecule has 0 bridgehead atoms. The number of carboxylic acid groups (broad SMARTS) is 1. The highest BCUT2D eigenvalue weighted by Crippen LogP contribution is 2.21. The molecule has 5 heteroatoms. The Morgan fingerprint density at radius 2 is 2.47 bits per heavy atom. The van der Waals surface area contributed by atoms with Gasteiger partial charge in [-0.15, -0.1) is 0 Å². The Balaban J connectivity index is 2.10. The molecule has 88 valence electrons. The quantitative estimate of drug-likeness (QED) is 0.598. The maximum Gasteiger partial charge on any atom is 0.303 e. The maximum absolute atomic E-state index is 10.3. The number of hydrogen-bond acceptors (Lipinski definition) is 4. The van der Waals surface area contributed by atoms with Crippen LogP contribution in [0.1, 0.15) is 19.3 Å². The summed E-state index contributed by atoms with van der Waals surface area (Å²) in [5.74, 6) is -0.748. The lowest BCUT2D eigenvalue weighted by atomic mass is 10.0. The minimum Gasteiger partial charge on any atom is -0.481 e. The Kier molecular flexibility index (Phi) is 5.01. The summed E-state index contributed by atoms with van der Waals surface area (Å²) in [5, 5.41) is 11.7. The Labute approximate surface area is 89.8 Å². The zero-order valence-corrected chi connectivity index (χ0v) is 9.12. The summed E-state index contributed by atoms with van der Waals surface area (Å²) in [6, 6.07) is 0. The highest BCUT2D eigenvalue weighted by atomic mass is 16.5. The summed E-state index contributed by atoms with van der Waals surface area (Å²) in [5.41, 5.74) is -0.205. The van der Waals surface area contributed by atoms with Gasteiger partial charge in [0.05, 0.1) is 6.61 Å². The van der Waals surface area contributed by atoms with Gasteiger partial charge in [-0.3, -0.25) is 4.79 Å². The van der Waals surface area contributed by atoms with Gasteiger partial charge in [0.25, 0.3) is 0 Å². The van der Waals surface area contributed by atoms with Crippen molar-refractivity contribution in [1.82, 2.24) is 5.32 Å². The molecule has 1 rings (SSSR count). The molecule has 5 nitrogen and oxygen atoms in total. The molecule has 0 amide bonds. The van der Waals surface area contributed by atoms with E-state index in [-0.39, 0.29) is 12.0 Å². The maximum atomic E-state index is 10.3. The van der Waals surface area contributed by atoms with Gasteiger partial charge in [0.15, 0.2) is 0 Å². The van der Waals surface area contributed by atoms with Crippen LogP contribution in [0.3, 0.4) is 0 Å². The highest BCUT2D eigenvalue weighted by molar-refractivity contribution is 5.66. The highest BCUT2D eigenvalue weighted by Gasteiger charge is 2.34. The average Bonchev–Trinajstić information content (AvgIpc) is 2.66. The molecule has 0 saturated carbocycles. The van der Waals surface area contributed by atoms with Crippen molar-refractivity contribution in [2.75, 3.05) is 33.4 Å². The molecule has 1 atom stereocenters. The van der Waals surface area contributed by atoms with E-state index < -0.39 is 5.97 Å². The lowest BCUT2D eigenvalue weighted by molar-refractivity contribution is -0.137. The number of methoxy groups -OCH3 is 1. The van der Waals surface area contributed by atoms with Gasteiger partial charge in [-0.1, -0.05) is 0 Å². The Bertz CT molecular complexity index is 202. The van der Waals surface area contributed by atoms with Crippen LogP contribution in [0.2, 0.25) is 0 Å². The minimum absolute atomic E-state index is 0.205. The minimum atomic E-state index is -0.748. The summed E-state index contributed by atoms with van der Waals surface area (Å²) in [4.78, 5) is 10.3. The predicted octanol–water partition coefficient (Wildman–Crippen LogP) is 0.246. The fourth-order valence-electron chi connectivity index (χ4n) is 1.64. The number of ether oxygens (including phenoxy) is 2. The van der Waals surface area contributed by atoms with Crippen LogP contribution in [0.5, 0.6) is 0 Å². The zero-order chi connectivity index (χ0) is 11.1. The average molecular weight is 217 g/mol. The number of rotatable bonds is 7. The van der Waals surface area contributed by atoms with Gasteiger partial charge in [0.1, 0.15) is 5.60 Å². The van der Waals surface area contributed by atoms with Crippen molar-refractivity contribution in [3.63, 3.8) is 0 Å². The lowest BCUT2D eigenvalue weighted by Gasteiger charge is -2.25. The molecule has 2 N–H and O–H groups in total. The van der Waals surface area contributed by atoms with E-state index in [1.807, 2.05) is 0 Å². The van der Waals surface area contributed by atoms with E-state index in [9.17, 15) is 4.79 Å². The first-order chi connectivity index (χ1) is 7.18. The molecule has 0 spiro atoms. The van der Waals surface area contributed by atoms with Crippen molar-refractivity contribution >= 4 is 5.97 Å². The normalized spacial score (nSPS) is 25.7. The molecule has 15 heavy (non-hydrogen) atoms. The van der Waals surface area contributed by atoms with Crippen molar-refractivity contribution in [3.8, 4) is 0 Å². The third kappa shape index (κ3) is 4.15. The third-order valence-electron chi connectivity index (χ3n) is 2.69. The van der Waals surface area contributed by atoms with Gasteiger partial charge in [-0.05, 0) is 13.0 Å². The van der Waals surface area contributed by atoms with E-state index in [0.717, 1.165) is 19.6 Å². The molecule has 0 aromatic carbocycles. The summed E-state index contributed by atoms with van der Waals surface area (Å²) in [6.45, 7) is 2.79. The van der Waals surface area contributed by atoms with Crippen molar-refractivity contribution in [2.24, 2.45) is 0 Å². The summed E-state index contributed by atoms with van der Waals surface area (Å²) in [6.07, 6.45) is 1.76. The van der Waals surface area contributed by atoms with E-state index in [4.69, 9.17) is 14.6 Å². The Morgan fingerprint density at radius 3 is 3.00 bits per heavy atom. The standard InChI is InChI=1S/C10H19NO4/c1-14-10(4-6-15-8-10)7-11-5-2-3-9(12)13/h11H,2-8H2,1H3,(H,12,13). The number of carbonyl (C=O) groups is 1. The Morgan fingerprint density at radius 1 is 1.67 bits per heavy atom. The van der Waals surface area contributed by atoms with Crippen LogP contribution >= 0.6 is 0 Å². The van der Waals surface area contributed by atoms with Gasteiger partial charge in [-0.25, -0.2) is 0 Å². The van der Waals surface area contributed by atoms with Crippen LogP contribution in [-0.2, 0) is 14.3 Å². The first-order valence-corrected chi connectivity index (χ1v) is 5.24. The number of hydrogen-bond donors (Lipinski definition) is 2. The van der Waals surface area contributed by atoms with Crippen molar-refractivity contribution in [2.45, 2.75) is 24.9 Å². The molecule has 1 fully saturated rings. The second-order valence-electron chi connectivity index (χ2n) is 3.86. The van der Waals surface area contributed by atoms with Crippen LogP contribution in [0, 0.1) is 0 Å². The van der Waals surface area contributed by atoms with Gasteiger partial charge < -0.3 is 19.9 Å². The SMILES string of the molecule is COC1(CNCCCC(=O)O)CCOC1. The van der Waals surface area contributed by atoms with Gasteiger partial charge in [0, 0.05) is 33.1 Å². The van der Waals surface area contributed by atoms with Crippen LogP contribution < -0.4 is 5.32 Å². The zero-order valence-electron chi connectivity index (χ0n) is 9.12. The molecule has 0 aromatic rings. The van der Waals surface area contributed by atoms with Gasteiger partial charge in [0.2, 0.25) is 0 Å². The van der Waals surface area contributed by atoms with Crippen LogP contribution in [0.15, 0.2) is 0 Å².